The summed E-state index contributed by atoms with van der Waals surface area (Å²) in [5, 5.41) is 5.16. The van der Waals surface area contributed by atoms with Gasteiger partial charge in [-0.15, -0.1) is 11.6 Å². The molecule has 0 aliphatic carbocycles. The Morgan fingerprint density at radius 1 is 1.33 bits per heavy atom. The smallest absolute Gasteiger partial charge is 0.163 e. The van der Waals surface area contributed by atoms with Crippen LogP contribution in [0.2, 0.25) is 5.02 Å². The van der Waals surface area contributed by atoms with E-state index in [1.807, 2.05) is 41.3 Å². The van der Waals surface area contributed by atoms with Crippen LogP contribution in [0.25, 0.3) is 16.9 Å². The number of hydrogen-bond acceptors (Lipinski definition) is 2. The number of rotatable bonds is 3. The molecule has 1 aromatic carbocycles. The fraction of sp³-hybridized carbons (Fsp3) is 0.286. The maximum atomic E-state index is 6.38. The molecule has 0 N–H and O–H groups in total. The van der Waals surface area contributed by atoms with Crippen LogP contribution in [0, 0.1) is 6.92 Å². The van der Waals surface area contributed by atoms with Crippen LogP contribution in [-0.2, 0) is 12.4 Å². The molecule has 3 aromatic rings. The van der Waals surface area contributed by atoms with Crippen molar-refractivity contribution in [2.45, 2.75) is 26.3 Å². The molecular formula is C14H13BrCl2N4. The second-order valence-corrected chi connectivity index (χ2v) is 6.26. The van der Waals surface area contributed by atoms with Crippen molar-refractivity contribution in [2.24, 2.45) is 0 Å². The maximum Gasteiger partial charge on any atom is 0.163 e. The quantitative estimate of drug-likeness (QED) is 0.610. The molecule has 0 radical (unpaired) electrons. The van der Waals surface area contributed by atoms with Crippen molar-refractivity contribution < 1.29 is 0 Å². The third-order valence-corrected chi connectivity index (χ3v) is 4.40. The first-order valence-corrected chi connectivity index (χ1v) is 8.23. The van der Waals surface area contributed by atoms with Crippen LogP contribution in [-0.4, -0.2) is 19.3 Å². The second-order valence-electron chi connectivity index (χ2n) is 4.67. The number of aromatic nitrogens is 4. The molecular weight excluding hydrogens is 375 g/mol. The lowest BCUT2D eigenvalue weighted by atomic mass is 10.3. The largest absolute Gasteiger partial charge is 0.278 e. The number of nitrogens with zero attached hydrogens (tertiary/aromatic N) is 4. The molecule has 0 fully saturated rings. The molecule has 7 heteroatoms. The Hall–Kier alpha value is -1.04. The van der Waals surface area contributed by atoms with E-state index in [2.05, 4.69) is 26.0 Å². The lowest BCUT2D eigenvalue weighted by Gasteiger charge is -2.11. The monoisotopic (exact) mass is 386 g/mol. The van der Waals surface area contributed by atoms with Crippen LogP contribution in [0.5, 0.6) is 0 Å². The predicted molar refractivity (Wildman–Crippen MR) is 89.5 cm³/mol. The third kappa shape index (κ3) is 2.37. The number of halogens is 3. The molecule has 0 unspecified atom stereocenters. The summed E-state index contributed by atoms with van der Waals surface area (Å²) in [6.45, 7) is 4.75. The number of hydrogen-bond donors (Lipinski definition) is 0. The van der Waals surface area contributed by atoms with E-state index >= 15 is 0 Å². The zero-order chi connectivity index (χ0) is 15.1. The van der Waals surface area contributed by atoms with Crippen molar-refractivity contribution in [3.05, 3.63) is 39.2 Å². The Balaban J connectivity index is 2.42. The van der Waals surface area contributed by atoms with Gasteiger partial charge in [0.05, 0.1) is 22.3 Å². The molecule has 21 heavy (non-hydrogen) atoms. The fourth-order valence-electron chi connectivity index (χ4n) is 2.43. The van der Waals surface area contributed by atoms with Crippen molar-refractivity contribution >= 4 is 50.3 Å². The molecule has 0 saturated heterocycles. The molecule has 0 atom stereocenters. The van der Waals surface area contributed by atoms with Crippen LogP contribution in [0.3, 0.4) is 0 Å². The van der Waals surface area contributed by atoms with Gasteiger partial charge < -0.3 is 0 Å². The molecule has 0 amide bonds. The first kappa shape index (κ1) is 14.9. The van der Waals surface area contributed by atoms with E-state index in [1.165, 1.54) is 0 Å². The van der Waals surface area contributed by atoms with Gasteiger partial charge in [0.2, 0.25) is 0 Å². The van der Waals surface area contributed by atoms with Gasteiger partial charge in [-0.3, -0.25) is 4.57 Å². The topological polar surface area (TPSA) is 35.6 Å². The molecule has 0 bridgehead atoms. The average Bonchev–Trinajstić information content (AvgIpc) is 2.99. The van der Waals surface area contributed by atoms with Crippen molar-refractivity contribution in [1.29, 1.82) is 0 Å². The predicted octanol–water partition coefficient (Wildman–Crippen LogP) is 4.71. The van der Waals surface area contributed by atoms with Crippen molar-refractivity contribution in [2.75, 3.05) is 0 Å². The van der Waals surface area contributed by atoms with Crippen LogP contribution in [0.4, 0.5) is 0 Å². The Labute approximate surface area is 140 Å². The lowest BCUT2D eigenvalue weighted by Crippen LogP contribution is -2.06. The second kappa shape index (κ2) is 5.63. The van der Waals surface area contributed by atoms with Gasteiger partial charge in [-0.2, -0.15) is 5.10 Å². The zero-order valence-electron chi connectivity index (χ0n) is 11.6. The number of benzene rings is 1. The fourth-order valence-corrected chi connectivity index (χ4v) is 3.16. The number of aryl methyl sites for hydroxylation is 2. The highest BCUT2D eigenvalue weighted by Gasteiger charge is 2.20. The molecule has 3 rings (SSSR count). The summed E-state index contributed by atoms with van der Waals surface area (Å²) in [7, 11) is 0. The highest BCUT2D eigenvalue weighted by atomic mass is 79.9. The molecule has 0 aliphatic heterocycles. The van der Waals surface area contributed by atoms with Crippen LogP contribution >= 0.6 is 39.1 Å². The normalized spacial score (nSPS) is 11.5. The Bertz CT molecular complexity index is 822. The minimum Gasteiger partial charge on any atom is -0.278 e. The molecule has 4 nitrogen and oxygen atoms in total. The number of fused-ring (bicyclic) bond motifs is 1. The Kier molecular flexibility index (Phi) is 3.99. The van der Waals surface area contributed by atoms with Crippen molar-refractivity contribution in [3.63, 3.8) is 0 Å². The van der Waals surface area contributed by atoms with E-state index < -0.39 is 0 Å². The molecule has 110 valence electrons. The van der Waals surface area contributed by atoms with E-state index in [4.69, 9.17) is 23.2 Å². The van der Waals surface area contributed by atoms with Crippen molar-refractivity contribution in [3.8, 4) is 5.69 Å². The van der Waals surface area contributed by atoms with E-state index in [0.717, 1.165) is 39.4 Å². The summed E-state index contributed by atoms with van der Waals surface area (Å²) < 4.78 is 4.85. The average molecular weight is 388 g/mol. The molecule has 0 aliphatic rings. The van der Waals surface area contributed by atoms with Gasteiger partial charge in [0, 0.05) is 11.0 Å². The molecule has 0 spiro atoms. The van der Waals surface area contributed by atoms with Crippen LogP contribution in [0.1, 0.15) is 18.4 Å². The van der Waals surface area contributed by atoms with Gasteiger partial charge in [-0.1, -0.05) is 27.5 Å². The zero-order valence-corrected chi connectivity index (χ0v) is 14.7. The van der Waals surface area contributed by atoms with Crippen LogP contribution in [0.15, 0.2) is 22.7 Å². The number of alkyl halides is 1. The van der Waals surface area contributed by atoms with Crippen LogP contribution < -0.4 is 0 Å². The maximum absolute atomic E-state index is 6.38. The van der Waals surface area contributed by atoms with E-state index in [0.29, 0.717) is 10.9 Å². The summed E-state index contributed by atoms with van der Waals surface area (Å²) in [5.74, 6) is 1.06. The first-order chi connectivity index (χ1) is 10.1. The minimum absolute atomic E-state index is 0.306. The minimum atomic E-state index is 0.306. The summed E-state index contributed by atoms with van der Waals surface area (Å²) >= 11 is 15.9. The van der Waals surface area contributed by atoms with E-state index in [9.17, 15) is 0 Å². The highest BCUT2D eigenvalue weighted by Crippen LogP contribution is 2.31. The number of imidazole rings is 1. The van der Waals surface area contributed by atoms with E-state index in [1.54, 1.807) is 0 Å². The van der Waals surface area contributed by atoms with Gasteiger partial charge >= 0.3 is 0 Å². The molecule has 0 saturated carbocycles. The van der Waals surface area contributed by atoms with E-state index in [-0.39, 0.29) is 0 Å². The van der Waals surface area contributed by atoms with Gasteiger partial charge in [-0.05, 0) is 32.0 Å². The lowest BCUT2D eigenvalue weighted by molar-refractivity contribution is 0.660. The Morgan fingerprint density at radius 3 is 2.76 bits per heavy atom. The van der Waals surface area contributed by atoms with Gasteiger partial charge in [0.25, 0.3) is 0 Å². The Morgan fingerprint density at radius 2 is 2.10 bits per heavy atom. The van der Waals surface area contributed by atoms with Gasteiger partial charge in [0.1, 0.15) is 11.3 Å². The first-order valence-electron chi connectivity index (χ1n) is 6.53. The summed E-state index contributed by atoms with van der Waals surface area (Å²) in [4.78, 5) is 4.62. The summed E-state index contributed by atoms with van der Waals surface area (Å²) in [6.07, 6.45) is 0. The van der Waals surface area contributed by atoms with Gasteiger partial charge in [0.15, 0.2) is 5.65 Å². The molecule has 2 aromatic heterocycles. The summed E-state index contributed by atoms with van der Waals surface area (Å²) in [6, 6.07) is 5.72. The van der Waals surface area contributed by atoms with Gasteiger partial charge in [-0.25, -0.2) is 9.67 Å². The SMILES string of the molecule is CCn1nc(C)c2nc(CCl)n(-c3cc(Br)ccc3Cl)c21. The summed E-state index contributed by atoms with van der Waals surface area (Å²) in [5.41, 5.74) is 3.52. The molecule has 2 heterocycles. The third-order valence-electron chi connectivity index (χ3n) is 3.35. The van der Waals surface area contributed by atoms with Crippen molar-refractivity contribution in [1.82, 2.24) is 19.3 Å². The standard InChI is InChI=1S/C14H13BrCl2N4/c1-3-20-14-13(8(2)19-20)18-12(7-16)21(14)11-6-9(15)4-5-10(11)17/h4-6H,3,7H2,1-2H3. The highest BCUT2D eigenvalue weighted by molar-refractivity contribution is 9.10.